The van der Waals surface area contributed by atoms with Crippen molar-refractivity contribution < 1.29 is 9.50 Å². The van der Waals surface area contributed by atoms with E-state index in [0.29, 0.717) is 18.0 Å². The average molecular weight is 478 g/mol. The molecule has 0 atom stereocenters. The Morgan fingerprint density at radius 3 is 2.54 bits per heavy atom. The van der Waals surface area contributed by atoms with Gasteiger partial charge in [0.15, 0.2) is 5.96 Å². The van der Waals surface area contributed by atoms with Crippen molar-refractivity contribution in [2.75, 3.05) is 39.3 Å². The predicted octanol–water partition coefficient (Wildman–Crippen LogP) is 2.68. The number of aliphatic hydroxyl groups excluding tert-OH is 1. The van der Waals surface area contributed by atoms with Crippen LogP contribution in [-0.4, -0.2) is 60.1 Å². The second-order valence-electron chi connectivity index (χ2n) is 6.94. The highest BCUT2D eigenvalue weighted by Gasteiger charge is 2.19. The summed E-state index contributed by atoms with van der Waals surface area (Å²) in [5.74, 6) is 1.22. The normalized spacial score (nSPS) is 15.9. The van der Waals surface area contributed by atoms with Crippen molar-refractivity contribution in [3.8, 4) is 0 Å². The summed E-state index contributed by atoms with van der Waals surface area (Å²) in [5, 5.41) is 12.5. The summed E-state index contributed by atoms with van der Waals surface area (Å²) in [6.45, 7) is 12.7. The van der Waals surface area contributed by atoms with Gasteiger partial charge in [0, 0.05) is 44.8 Å². The zero-order chi connectivity index (χ0) is 18.2. The molecule has 1 heterocycles. The Labute approximate surface area is 173 Å². The molecule has 2 rings (SSSR count). The maximum atomic E-state index is 13.5. The number of rotatable bonds is 6. The molecule has 0 amide bonds. The smallest absolute Gasteiger partial charge is 0.194 e. The fourth-order valence-electron chi connectivity index (χ4n) is 3.10. The van der Waals surface area contributed by atoms with Crippen LogP contribution >= 0.6 is 24.0 Å². The molecular formula is C19H32FIN4O. The minimum Gasteiger partial charge on any atom is -0.392 e. The number of aliphatic hydroxyl groups is 1. The third-order valence-electron chi connectivity index (χ3n) is 4.32. The molecule has 0 aromatic heterocycles. The minimum atomic E-state index is -0.372. The van der Waals surface area contributed by atoms with E-state index in [1.54, 1.807) is 12.1 Å². The Morgan fingerprint density at radius 1 is 1.27 bits per heavy atom. The van der Waals surface area contributed by atoms with E-state index in [1.165, 1.54) is 6.07 Å². The van der Waals surface area contributed by atoms with Gasteiger partial charge in [-0.25, -0.2) is 9.38 Å². The zero-order valence-corrected chi connectivity index (χ0v) is 18.4. The molecule has 1 saturated heterocycles. The van der Waals surface area contributed by atoms with Crippen LogP contribution in [0.4, 0.5) is 4.39 Å². The lowest BCUT2D eigenvalue weighted by molar-refractivity contribution is 0.164. The molecule has 0 unspecified atom stereocenters. The van der Waals surface area contributed by atoms with Crippen molar-refractivity contribution in [1.82, 2.24) is 15.1 Å². The van der Waals surface area contributed by atoms with E-state index in [0.717, 1.165) is 50.8 Å². The van der Waals surface area contributed by atoms with Gasteiger partial charge in [0.25, 0.3) is 0 Å². The van der Waals surface area contributed by atoms with Gasteiger partial charge in [-0.05, 0) is 30.5 Å². The molecule has 1 aromatic rings. The van der Waals surface area contributed by atoms with Gasteiger partial charge in [0.2, 0.25) is 0 Å². The lowest BCUT2D eigenvalue weighted by Crippen LogP contribution is -2.53. The Balaban J connectivity index is 0.00000338. The van der Waals surface area contributed by atoms with Crippen molar-refractivity contribution in [1.29, 1.82) is 0 Å². The Hall–Kier alpha value is -0.930. The Kier molecular flexibility index (Phi) is 10.4. The fraction of sp³-hybridized carbons (Fsp3) is 0.632. The summed E-state index contributed by atoms with van der Waals surface area (Å²) in [6.07, 6.45) is 0. The summed E-state index contributed by atoms with van der Waals surface area (Å²) in [6, 6.07) is 4.80. The van der Waals surface area contributed by atoms with Crippen LogP contribution in [0.1, 0.15) is 31.9 Å². The molecule has 0 radical (unpaired) electrons. The summed E-state index contributed by atoms with van der Waals surface area (Å²) >= 11 is 0. The van der Waals surface area contributed by atoms with Gasteiger partial charge >= 0.3 is 0 Å². The number of halogens is 2. The number of nitrogens with one attached hydrogen (secondary N) is 1. The molecule has 2 N–H and O–H groups in total. The number of hydrogen-bond acceptors (Lipinski definition) is 3. The summed E-state index contributed by atoms with van der Waals surface area (Å²) in [7, 11) is 0. The highest BCUT2D eigenvalue weighted by Crippen LogP contribution is 2.12. The molecule has 0 aliphatic carbocycles. The number of nitrogens with zero attached hydrogens (tertiary/aromatic N) is 3. The number of benzene rings is 1. The van der Waals surface area contributed by atoms with Crippen molar-refractivity contribution in [3.63, 3.8) is 0 Å². The minimum absolute atomic E-state index is 0. The Bertz CT molecular complexity index is 575. The predicted molar refractivity (Wildman–Crippen MR) is 115 cm³/mol. The maximum Gasteiger partial charge on any atom is 0.194 e. The first-order chi connectivity index (χ1) is 12.0. The van der Waals surface area contributed by atoms with E-state index in [2.05, 4.69) is 35.9 Å². The second kappa shape index (κ2) is 11.7. The molecule has 1 aliphatic rings. The van der Waals surface area contributed by atoms with Gasteiger partial charge in [-0.2, -0.15) is 0 Å². The molecule has 0 saturated carbocycles. The molecule has 1 aliphatic heterocycles. The third kappa shape index (κ3) is 7.00. The average Bonchev–Trinajstić information content (AvgIpc) is 2.60. The van der Waals surface area contributed by atoms with E-state index < -0.39 is 0 Å². The van der Waals surface area contributed by atoms with Crippen LogP contribution in [0, 0.1) is 11.7 Å². The topological polar surface area (TPSA) is 51.1 Å². The molecule has 0 bridgehead atoms. The van der Waals surface area contributed by atoms with E-state index in [4.69, 9.17) is 4.99 Å². The van der Waals surface area contributed by atoms with E-state index in [9.17, 15) is 9.50 Å². The van der Waals surface area contributed by atoms with Gasteiger partial charge < -0.3 is 15.3 Å². The van der Waals surface area contributed by atoms with Crippen LogP contribution in [0.15, 0.2) is 23.2 Å². The summed E-state index contributed by atoms with van der Waals surface area (Å²) in [5.41, 5.74) is 1.22. The first-order valence-corrected chi connectivity index (χ1v) is 9.17. The molecular weight excluding hydrogens is 446 g/mol. The lowest BCUT2D eigenvalue weighted by atomic mass is 10.1. The molecule has 148 valence electrons. The second-order valence-corrected chi connectivity index (χ2v) is 6.94. The lowest BCUT2D eigenvalue weighted by Gasteiger charge is -2.37. The van der Waals surface area contributed by atoms with Gasteiger partial charge in [0.1, 0.15) is 5.82 Å². The first-order valence-electron chi connectivity index (χ1n) is 9.17. The van der Waals surface area contributed by atoms with Crippen molar-refractivity contribution in [2.24, 2.45) is 10.9 Å². The molecule has 7 heteroatoms. The van der Waals surface area contributed by atoms with Crippen molar-refractivity contribution in [2.45, 2.75) is 33.9 Å². The molecule has 1 fully saturated rings. The molecule has 1 aromatic carbocycles. The first kappa shape index (κ1) is 23.1. The number of piperazine rings is 1. The number of hydrogen-bond donors (Lipinski definition) is 2. The highest BCUT2D eigenvalue weighted by atomic mass is 127. The number of guanidine groups is 1. The maximum absolute atomic E-state index is 13.5. The van der Waals surface area contributed by atoms with Crippen LogP contribution in [-0.2, 0) is 13.2 Å². The van der Waals surface area contributed by atoms with Gasteiger partial charge in [-0.1, -0.05) is 19.9 Å². The standard InChI is InChI=1S/C19H31FN4O.HI/c1-4-21-19(24-9-7-23(8-10-24)13-15(2)3)22-12-16-5-6-18(20)17(11-16)14-25;/h5-6,11,15,25H,4,7-10,12-14H2,1-3H3,(H,21,22);1H. The van der Waals surface area contributed by atoms with Gasteiger partial charge in [-0.3, -0.25) is 4.90 Å². The van der Waals surface area contributed by atoms with E-state index >= 15 is 0 Å². The van der Waals surface area contributed by atoms with Crippen LogP contribution in [0.3, 0.4) is 0 Å². The largest absolute Gasteiger partial charge is 0.392 e. The molecule has 26 heavy (non-hydrogen) atoms. The Morgan fingerprint density at radius 2 is 1.96 bits per heavy atom. The van der Waals surface area contributed by atoms with Gasteiger partial charge in [0.05, 0.1) is 13.2 Å². The van der Waals surface area contributed by atoms with Crippen LogP contribution in [0.2, 0.25) is 0 Å². The van der Waals surface area contributed by atoms with Crippen molar-refractivity contribution in [3.05, 3.63) is 35.1 Å². The van der Waals surface area contributed by atoms with Gasteiger partial charge in [-0.15, -0.1) is 24.0 Å². The highest BCUT2D eigenvalue weighted by molar-refractivity contribution is 14.0. The number of aliphatic imine (C=N–C) groups is 1. The zero-order valence-electron chi connectivity index (χ0n) is 16.0. The van der Waals surface area contributed by atoms with E-state index in [-0.39, 0.29) is 36.4 Å². The SMILES string of the molecule is CCNC(=NCc1ccc(F)c(CO)c1)N1CCN(CC(C)C)CC1.I. The van der Waals surface area contributed by atoms with Crippen LogP contribution < -0.4 is 5.32 Å². The molecule has 0 spiro atoms. The van der Waals surface area contributed by atoms with E-state index in [1.807, 2.05) is 0 Å². The summed E-state index contributed by atoms with van der Waals surface area (Å²) < 4.78 is 13.5. The fourth-order valence-corrected chi connectivity index (χ4v) is 3.10. The van der Waals surface area contributed by atoms with Crippen LogP contribution in [0.25, 0.3) is 0 Å². The monoisotopic (exact) mass is 478 g/mol. The summed E-state index contributed by atoms with van der Waals surface area (Å²) in [4.78, 5) is 9.49. The molecule has 5 nitrogen and oxygen atoms in total. The van der Waals surface area contributed by atoms with Crippen molar-refractivity contribution >= 4 is 29.9 Å². The third-order valence-corrected chi connectivity index (χ3v) is 4.32. The van der Waals surface area contributed by atoms with Crippen LogP contribution in [0.5, 0.6) is 0 Å². The quantitative estimate of drug-likeness (QED) is 0.375.